The van der Waals surface area contributed by atoms with Gasteiger partial charge in [0.25, 0.3) is 0 Å². The first-order valence-corrected chi connectivity index (χ1v) is 20.2. The summed E-state index contributed by atoms with van der Waals surface area (Å²) in [7, 11) is 0. The maximum atomic E-state index is 14.3. The van der Waals surface area contributed by atoms with Gasteiger partial charge in [-0.15, -0.1) is 0 Å². The molecule has 1 aromatic rings. The Morgan fingerprint density at radius 3 is 1.75 bits per heavy atom. The van der Waals surface area contributed by atoms with Crippen LogP contribution in [0, 0.1) is 11.8 Å². The highest BCUT2D eigenvalue weighted by molar-refractivity contribution is 5.98. The molecule has 0 spiro atoms. The van der Waals surface area contributed by atoms with E-state index in [9.17, 15) is 38.4 Å². The highest BCUT2D eigenvalue weighted by Crippen LogP contribution is 2.29. The average Bonchev–Trinajstić information content (AvgIpc) is 3.98. The first-order chi connectivity index (χ1) is 26.8. The van der Waals surface area contributed by atoms with Crippen molar-refractivity contribution in [3.05, 3.63) is 35.9 Å². The maximum absolute atomic E-state index is 14.3. The van der Waals surface area contributed by atoms with Crippen molar-refractivity contribution in [1.82, 2.24) is 41.3 Å². The lowest BCUT2D eigenvalue weighted by molar-refractivity contribution is -0.151. The van der Waals surface area contributed by atoms with E-state index in [1.54, 1.807) is 29.2 Å². The van der Waals surface area contributed by atoms with Gasteiger partial charge in [-0.2, -0.15) is 0 Å². The molecule has 0 aromatic heterocycles. The first kappa shape index (κ1) is 42.1. The molecule has 306 valence electrons. The number of carbonyl (C=O) groups excluding carboxylic acids is 8. The first-order valence-electron chi connectivity index (χ1n) is 20.2. The van der Waals surface area contributed by atoms with E-state index in [1.807, 2.05) is 33.8 Å². The summed E-state index contributed by atoms with van der Waals surface area (Å²) in [6.07, 6.45) is 3.82. The second kappa shape index (κ2) is 19.2. The lowest BCUT2D eigenvalue weighted by Crippen LogP contribution is -2.60. The van der Waals surface area contributed by atoms with Crippen molar-refractivity contribution >= 4 is 47.3 Å². The van der Waals surface area contributed by atoms with Crippen LogP contribution in [0.3, 0.4) is 0 Å². The zero-order valence-corrected chi connectivity index (χ0v) is 33.0. The van der Waals surface area contributed by atoms with Gasteiger partial charge in [-0.1, -0.05) is 64.4 Å². The molecule has 4 heterocycles. The molecule has 56 heavy (non-hydrogen) atoms. The van der Waals surface area contributed by atoms with Crippen LogP contribution in [0.25, 0.3) is 0 Å². The number of carbonyl (C=O) groups is 8. The molecule has 4 aliphatic heterocycles. The third kappa shape index (κ3) is 10.2. The van der Waals surface area contributed by atoms with Crippen LogP contribution in [-0.2, 0) is 44.8 Å². The lowest BCUT2D eigenvalue weighted by Gasteiger charge is -2.35. The molecule has 4 fully saturated rings. The quantitative estimate of drug-likeness (QED) is 0.265. The van der Waals surface area contributed by atoms with Crippen molar-refractivity contribution in [2.75, 3.05) is 32.7 Å². The maximum Gasteiger partial charge on any atom is 0.246 e. The molecule has 0 aliphatic carbocycles. The SMILES string of the molecule is CC[C@@H](C)[C@@H]1NC(=O)[C@@H]2CCCN2C(=O)[C@@H]2CCCN2C(=O)[C@@H]2CCCN2C(=O)[C@H](CC(C)C)NC(=O)CNC(=O)CNC(=O)[C@@H](Cc2ccccc2)NC1=O. The second-order valence-electron chi connectivity index (χ2n) is 15.9. The summed E-state index contributed by atoms with van der Waals surface area (Å²) in [5, 5.41) is 13.5. The number of benzene rings is 1. The molecule has 1 aromatic carbocycles. The van der Waals surface area contributed by atoms with Crippen LogP contribution in [0.1, 0.15) is 84.6 Å². The summed E-state index contributed by atoms with van der Waals surface area (Å²) in [6, 6.07) is 3.42. The molecule has 4 saturated heterocycles. The fourth-order valence-electron chi connectivity index (χ4n) is 8.20. The van der Waals surface area contributed by atoms with Gasteiger partial charge in [-0.05, 0) is 62.3 Å². The summed E-state index contributed by atoms with van der Waals surface area (Å²) in [4.78, 5) is 115. The van der Waals surface area contributed by atoms with Gasteiger partial charge >= 0.3 is 0 Å². The molecule has 7 atom stereocenters. The minimum Gasteiger partial charge on any atom is -0.346 e. The molecule has 4 aliphatic rings. The number of nitrogens with zero attached hydrogens (tertiary/aromatic N) is 3. The smallest absolute Gasteiger partial charge is 0.246 e. The van der Waals surface area contributed by atoms with Gasteiger partial charge in [0.05, 0.1) is 13.1 Å². The number of nitrogens with one attached hydrogen (secondary N) is 5. The van der Waals surface area contributed by atoms with E-state index >= 15 is 0 Å². The van der Waals surface area contributed by atoms with Gasteiger partial charge < -0.3 is 41.3 Å². The summed E-state index contributed by atoms with van der Waals surface area (Å²) in [6.45, 7) is 7.51. The van der Waals surface area contributed by atoms with Gasteiger partial charge in [0.2, 0.25) is 47.3 Å². The van der Waals surface area contributed by atoms with Crippen molar-refractivity contribution in [1.29, 1.82) is 0 Å². The van der Waals surface area contributed by atoms with Gasteiger partial charge in [-0.3, -0.25) is 38.4 Å². The lowest BCUT2D eigenvalue weighted by atomic mass is 9.96. The number of hydrogen-bond acceptors (Lipinski definition) is 8. The van der Waals surface area contributed by atoms with Crippen LogP contribution in [0.4, 0.5) is 0 Å². The summed E-state index contributed by atoms with van der Waals surface area (Å²) >= 11 is 0. The normalized spacial score (nSPS) is 28.4. The van der Waals surface area contributed by atoms with Crippen LogP contribution >= 0.6 is 0 Å². The molecule has 5 rings (SSSR count). The predicted molar refractivity (Wildman–Crippen MR) is 205 cm³/mol. The Labute approximate surface area is 328 Å². The Morgan fingerprint density at radius 2 is 1.16 bits per heavy atom. The van der Waals surface area contributed by atoms with E-state index in [0.29, 0.717) is 71.0 Å². The van der Waals surface area contributed by atoms with Crippen molar-refractivity contribution in [3.63, 3.8) is 0 Å². The van der Waals surface area contributed by atoms with Crippen molar-refractivity contribution in [3.8, 4) is 0 Å². The molecular weight excluding hydrogens is 720 g/mol. The Balaban J connectivity index is 1.45. The molecule has 8 amide bonds. The van der Waals surface area contributed by atoms with Crippen molar-refractivity contribution in [2.45, 2.75) is 122 Å². The molecule has 16 nitrogen and oxygen atoms in total. The van der Waals surface area contributed by atoms with Crippen molar-refractivity contribution < 1.29 is 38.4 Å². The standard InChI is InChI=1S/C40H58N8O8/c1-5-25(4)34-37(53)44-27(21-26-12-7-6-8-13-26)35(51)42-22-32(49)41-23-33(50)43-28(20-24(2)3)38(54)47-18-10-15-30(47)40(56)48-19-11-16-31(48)39(55)46-17-9-14-29(46)36(52)45-34/h6-8,12-13,24-25,27-31,34H,5,9-11,14-23H2,1-4H3,(H,41,49)(H,42,51)(H,43,50)(H,44,53)(H,45,52)/t25-,27-,28+,29+,30+,31+,34+/m1/s1. The summed E-state index contributed by atoms with van der Waals surface area (Å²) < 4.78 is 0. The Kier molecular flexibility index (Phi) is 14.5. The molecule has 16 heteroatoms. The molecule has 0 radical (unpaired) electrons. The minimum atomic E-state index is -1.12. The average molecular weight is 779 g/mol. The molecule has 0 unspecified atom stereocenters. The van der Waals surface area contributed by atoms with E-state index in [1.165, 1.54) is 9.80 Å². The van der Waals surface area contributed by atoms with Crippen molar-refractivity contribution in [2.24, 2.45) is 11.8 Å². The minimum absolute atomic E-state index is 0.00799. The number of fused-ring (bicyclic) bond motifs is 3. The molecule has 0 bridgehead atoms. The Hall–Kier alpha value is -5.02. The summed E-state index contributed by atoms with van der Waals surface area (Å²) in [5.41, 5.74) is 0.747. The third-order valence-corrected chi connectivity index (χ3v) is 11.4. The fourth-order valence-corrected chi connectivity index (χ4v) is 8.20. The zero-order valence-electron chi connectivity index (χ0n) is 33.0. The van der Waals surface area contributed by atoms with Gasteiger partial charge in [0.1, 0.15) is 36.3 Å². The fraction of sp³-hybridized carbons (Fsp3) is 0.650. The van der Waals surface area contributed by atoms with Gasteiger partial charge in [-0.25, -0.2) is 0 Å². The Morgan fingerprint density at radius 1 is 0.607 bits per heavy atom. The molecule has 5 N–H and O–H groups in total. The highest BCUT2D eigenvalue weighted by Gasteiger charge is 2.47. The largest absolute Gasteiger partial charge is 0.346 e. The topological polar surface area (TPSA) is 206 Å². The zero-order chi connectivity index (χ0) is 40.5. The molecule has 0 saturated carbocycles. The van der Waals surface area contributed by atoms with Gasteiger partial charge in [0, 0.05) is 26.1 Å². The monoisotopic (exact) mass is 778 g/mol. The van der Waals surface area contributed by atoms with E-state index in [-0.39, 0.29) is 30.1 Å². The van der Waals surface area contributed by atoms with E-state index < -0.39 is 84.8 Å². The van der Waals surface area contributed by atoms with Crippen LogP contribution in [0.15, 0.2) is 30.3 Å². The number of rotatable bonds is 6. The van der Waals surface area contributed by atoms with E-state index in [0.717, 1.165) is 5.56 Å². The van der Waals surface area contributed by atoms with Crippen LogP contribution in [0.5, 0.6) is 0 Å². The Bertz CT molecular complexity index is 1640. The number of hydrogen-bond donors (Lipinski definition) is 5. The third-order valence-electron chi connectivity index (χ3n) is 11.4. The van der Waals surface area contributed by atoms with Crippen LogP contribution in [-0.4, -0.2) is 131 Å². The second-order valence-corrected chi connectivity index (χ2v) is 15.9. The van der Waals surface area contributed by atoms with Crippen LogP contribution < -0.4 is 26.6 Å². The highest BCUT2D eigenvalue weighted by atomic mass is 16.2. The molecular formula is C40H58N8O8. The predicted octanol–water partition coefficient (Wildman–Crippen LogP) is -0.00530. The van der Waals surface area contributed by atoms with Crippen LogP contribution in [0.2, 0.25) is 0 Å². The van der Waals surface area contributed by atoms with E-state index in [4.69, 9.17) is 0 Å². The number of amides is 8. The van der Waals surface area contributed by atoms with E-state index in [2.05, 4.69) is 26.6 Å². The summed E-state index contributed by atoms with van der Waals surface area (Å²) in [5.74, 6) is -4.41. The van der Waals surface area contributed by atoms with Gasteiger partial charge in [0.15, 0.2) is 0 Å².